The summed E-state index contributed by atoms with van der Waals surface area (Å²) in [6.45, 7) is 3.26. The summed E-state index contributed by atoms with van der Waals surface area (Å²) in [6, 6.07) is 15.2. The van der Waals surface area contributed by atoms with Gasteiger partial charge in [0.05, 0.1) is 0 Å². The quantitative estimate of drug-likeness (QED) is 0.731. The standard InChI is InChI=1S/C23H26N2O5/c1-14(2)21(22(28)25(3)12-20(26)27)24-23(29)30-13-19-17-10-6-4-8-15(17)16-9-5-7-11-18(16)19/h4-11,14,19,21H,12-13H2,1-3H3,(H,24,29)(H,26,27)/t21-/m1/s1. The molecule has 3 rings (SSSR count). The molecule has 7 nitrogen and oxygen atoms in total. The zero-order valence-electron chi connectivity index (χ0n) is 17.3. The Bertz CT molecular complexity index is 911. The second-order valence-corrected chi connectivity index (χ2v) is 7.78. The lowest BCUT2D eigenvalue weighted by molar-refractivity contribution is -0.144. The van der Waals surface area contributed by atoms with Gasteiger partial charge in [0.15, 0.2) is 0 Å². The van der Waals surface area contributed by atoms with Crippen molar-refractivity contribution in [1.29, 1.82) is 0 Å². The van der Waals surface area contributed by atoms with Gasteiger partial charge >= 0.3 is 12.1 Å². The highest BCUT2D eigenvalue weighted by Gasteiger charge is 2.31. The molecule has 0 unspecified atom stereocenters. The number of carboxylic acids is 1. The highest BCUT2D eigenvalue weighted by molar-refractivity contribution is 5.88. The van der Waals surface area contributed by atoms with Crippen LogP contribution < -0.4 is 5.32 Å². The molecule has 0 radical (unpaired) electrons. The van der Waals surface area contributed by atoms with E-state index in [1.165, 1.54) is 7.05 Å². The van der Waals surface area contributed by atoms with E-state index in [-0.39, 0.29) is 18.4 Å². The summed E-state index contributed by atoms with van der Waals surface area (Å²) in [5.74, 6) is -1.89. The van der Waals surface area contributed by atoms with Crippen molar-refractivity contribution in [2.24, 2.45) is 5.92 Å². The summed E-state index contributed by atoms with van der Waals surface area (Å²) < 4.78 is 5.49. The molecule has 2 aromatic carbocycles. The van der Waals surface area contributed by atoms with Crippen LogP contribution in [0.2, 0.25) is 0 Å². The Balaban J connectivity index is 1.68. The number of aliphatic carboxylic acids is 1. The second-order valence-electron chi connectivity index (χ2n) is 7.78. The topological polar surface area (TPSA) is 95.9 Å². The monoisotopic (exact) mass is 410 g/mol. The number of hydrogen-bond donors (Lipinski definition) is 2. The number of carboxylic acid groups (broad SMARTS) is 1. The average Bonchev–Trinajstić information content (AvgIpc) is 3.03. The molecule has 0 saturated carbocycles. The molecule has 0 bridgehead atoms. The Kier molecular flexibility index (Phi) is 6.40. The van der Waals surface area contributed by atoms with Gasteiger partial charge in [-0.25, -0.2) is 4.79 Å². The lowest BCUT2D eigenvalue weighted by Crippen LogP contribution is -2.51. The fourth-order valence-corrected chi connectivity index (χ4v) is 3.80. The number of carbonyl (C=O) groups is 3. The van der Waals surface area contributed by atoms with Gasteiger partial charge in [-0.2, -0.15) is 0 Å². The number of benzene rings is 2. The molecule has 1 atom stereocenters. The van der Waals surface area contributed by atoms with Crippen LogP contribution >= 0.6 is 0 Å². The summed E-state index contributed by atoms with van der Waals surface area (Å²) in [4.78, 5) is 37.0. The largest absolute Gasteiger partial charge is 0.480 e. The molecule has 0 spiro atoms. The van der Waals surface area contributed by atoms with E-state index in [1.807, 2.05) is 36.4 Å². The van der Waals surface area contributed by atoms with Crippen molar-refractivity contribution in [3.63, 3.8) is 0 Å². The molecule has 0 heterocycles. The molecule has 0 aliphatic heterocycles. The molecule has 1 aliphatic carbocycles. The van der Waals surface area contributed by atoms with Gasteiger partial charge in [0.1, 0.15) is 19.2 Å². The molecule has 2 aromatic rings. The highest BCUT2D eigenvalue weighted by Crippen LogP contribution is 2.44. The Morgan fingerprint density at radius 3 is 2.07 bits per heavy atom. The first-order valence-electron chi connectivity index (χ1n) is 9.88. The van der Waals surface area contributed by atoms with Crippen LogP contribution in [-0.2, 0) is 14.3 Å². The number of fused-ring (bicyclic) bond motifs is 3. The number of rotatable bonds is 7. The molecule has 2 amide bonds. The minimum absolute atomic E-state index is 0.0777. The Labute approximate surface area is 175 Å². The summed E-state index contributed by atoms with van der Waals surface area (Å²) in [5, 5.41) is 11.5. The third-order valence-corrected chi connectivity index (χ3v) is 5.30. The Morgan fingerprint density at radius 1 is 1.03 bits per heavy atom. The van der Waals surface area contributed by atoms with Gasteiger partial charge in [-0.3, -0.25) is 9.59 Å². The van der Waals surface area contributed by atoms with Crippen molar-refractivity contribution in [1.82, 2.24) is 10.2 Å². The molecule has 0 aromatic heterocycles. The minimum atomic E-state index is -1.12. The van der Waals surface area contributed by atoms with Crippen LogP contribution in [0.5, 0.6) is 0 Å². The molecular formula is C23H26N2O5. The molecule has 1 aliphatic rings. The van der Waals surface area contributed by atoms with Crippen molar-refractivity contribution in [3.05, 3.63) is 59.7 Å². The Morgan fingerprint density at radius 2 is 1.57 bits per heavy atom. The third kappa shape index (κ3) is 4.45. The first-order chi connectivity index (χ1) is 14.3. The maximum Gasteiger partial charge on any atom is 0.407 e. The summed E-state index contributed by atoms with van der Waals surface area (Å²) >= 11 is 0. The molecule has 30 heavy (non-hydrogen) atoms. The highest BCUT2D eigenvalue weighted by atomic mass is 16.5. The zero-order valence-corrected chi connectivity index (χ0v) is 17.3. The molecule has 7 heteroatoms. The van der Waals surface area contributed by atoms with Gasteiger partial charge in [0, 0.05) is 13.0 Å². The first-order valence-corrected chi connectivity index (χ1v) is 9.88. The van der Waals surface area contributed by atoms with Crippen molar-refractivity contribution < 1.29 is 24.2 Å². The summed E-state index contributed by atoms with van der Waals surface area (Å²) in [5.41, 5.74) is 4.47. The third-order valence-electron chi connectivity index (χ3n) is 5.30. The van der Waals surface area contributed by atoms with Gasteiger partial charge in [0.25, 0.3) is 0 Å². The van der Waals surface area contributed by atoms with E-state index in [1.54, 1.807) is 13.8 Å². The maximum atomic E-state index is 12.5. The SMILES string of the molecule is CC(C)[C@@H](NC(=O)OCC1c2ccccc2-c2ccccc21)C(=O)N(C)CC(=O)O. The van der Waals surface area contributed by atoms with Crippen LogP contribution in [0.3, 0.4) is 0 Å². The number of amides is 2. The summed E-state index contributed by atoms with van der Waals surface area (Å²) in [7, 11) is 1.39. The number of likely N-dealkylation sites (N-methyl/N-ethyl adjacent to an activating group) is 1. The van der Waals surface area contributed by atoms with E-state index in [9.17, 15) is 14.4 Å². The average molecular weight is 410 g/mol. The van der Waals surface area contributed by atoms with Crippen LogP contribution in [0.4, 0.5) is 4.79 Å². The van der Waals surface area contributed by atoms with E-state index < -0.39 is 30.6 Å². The van der Waals surface area contributed by atoms with E-state index >= 15 is 0 Å². The Hall–Kier alpha value is -3.35. The van der Waals surface area contributed by atoms with Crippen LogP contribution in [0.15, 0.2) is 48.5 Å². The van der Waals surface area contributed by atoms with E-state index in [4.69, 9.17) is 9.84 Å². The lowest BCUT2D eigenvalue weighted by atomic mass is 9.98. The van der Waals surface area contributed by atoms with Gasteiger partial charge < -0.3 is 20.1 Å². The predicted molar refractivity (Wildman–Crippen MR) is 112 cm³/mol. The van der Waals surface area contributed by atoms with Gasteiger partial charge in [-0.1, -0.05) is 62.4 Å². The van der Waals surface area contributed by atoms with E-state index in [0.29, 0.717) is 0 Å². The van der Waals surface area contributed by atoms with Crippen molar-refractivity contribution in [3.8, 4) is 11.1 Å². The maximum absolute atomic E-state index is 12.5. The van der Waals surface area contributed by atoms with Crippen LogP contribution in [0, 0.1) is 5.92 Å². The molecular weight excluding hydrogens is 384 g/mol. The number of hydrogen-bond acceptors (Lipinski definition) is 4. The van der Waals surface area contributed by atoms with Crippen LogP contribution in [-0.4, -0.2) is 54.2 Å². The van der Waals surface area contributed by atoms with Gasteiger partial charge in [-0.05, 0) is 28.2 Å². The number of alkyl carbamates (subject to hydrolysis) is 1. The summed E-state index contributed by atoms with van der Waals surface area (Å²) in [6.07, 6.45) is -0.701. The number of carbonyl (C=O) groups excluding carboxylic acids is 2. The fourth-order valence-electron chi connectivity index (χ4n) is 3.80. The number of nitrogens with zero attached hydrogens (tertiary/aromatic N) is 1. The lowest BCUT2D eigenvalue weighted by Gasteiger charge is -2.26. The second kappa shape index (κ2) is 8.98. The van der Waals surface area contributed by atoms with Crippen molar-refractivity contribution >= 4 is 18.0 Å². The minimum Gasteiger partial charge on any atom is -0.480 e. The van der Waals surface area contributed by atoms with Gasteiger partial charge in [0.2, 0.25) is 5.91 Å². The number of ether oxygens (including phenoxy) is 1. The fraction of sp³-hybridized carbons (Fsp3) is 0.348. The van der Waals surface area contributed by atoms with Crippen molar-refractivity contribution in [2.45, 2.75) is 25.8 Å². The molecule has 158 valence electrons. The van der Waals surface area contributed by atoms with Crippen molar-refractivity contribution in [2.75, 3.05) is 20.2 Å². The zero-order chi connectivity index (χ0) is 21.8. The van der Waals surface area contributed by atoms with Crippen LogP contribution in [0.25, 0.3) is 11.1 Å². The van der Waals surface area contributed by atoms with E-state index in [0.717, 1.165) is 27.2 Å². The van der Waals surface area contributed by atoms with E-state index in [2.05, 4.69) is 17.4 Å². The van der Waals surface area contributed by atoms with Crippen LogP contribution in [0.1, 0.15) is 30.9 Å². The molecule has 2 N–H and O–H groups in total. The first kappa shape index (κ1) is 21.4. The smallest absolute Gasteiger partial charge is 0.407 e. The normalized spacial score (nSPS) is 13.3. The number of nitrogens with one attached hydrogen (secondary N) is 1. The van der Waals surface area contributed by atoms with Gasteiger partial charge in [-0.15, -0.1) is 0 Å². The molecule has 0 saturated heterocycles. The molecule has 0 fully saturated rings. The predicted octanol–water partition coefficient (Wildman–Crippen LogP) is 3.09.